The van der Waals surface area contributed by atoms with E-state index in [2.05, 4.69) is 6.92 Å². The molecule has 0 aliphatic carbocycles. The van der Waals surface area contributed by atoms with Gasteiger partial charge >= 0.3 is 0 Å². The maximum atomic E-state index is 12.1. The lowest BCUT2D eigenvalue weighted by molar-refractivity contribution is -0.133. The Morgan fingerprint density at radius 1 is 1.20 bits per heavy atom. The lowest BCUT2D eigenvalue weighted by Gasteiger charge is -2.47. The number of ether oxygens (including phenoxy) is 2. The van der Waals surface area contributed by atoms with Gasteiger partial charge in [0.15, 0.2) is 11.5 Å². The highest BCUT2D eigenvalue weighted by atomic mass is 16.5. The summed E-state index contributed by atoms with van der Waals surface area (Å²) in [6.45, 7) is 2.88. The molecule has 1 atom stereocenters. The van der Waals surface area contributed by atoms with Crippen LogP contribution >= 0.6 is 0 Å². The van der Waals surface area contributed by atoms with Crippen LogP contribution in [-0.4, -0.2) is 31.6 Å². The molecule has 0 saturated heterocycles. The van der Waals surface area contributed by atoms with E-state index in [9.17, 15) is 4.79 Å². The van der Waals surface area contributed by atoms with Crippen molar-refractivity contribution in [2.45, 2.75) is 25.3 Å². The molecule has 4 heteroatoms. The Labute approximate surface area is 119 Å². The maximum Gasteiger partial charge on any atom is 0.246 e. The second-order valence-electron chi connectivity index (χ2n) is 5.48. The molecule has 2 heterocycles. The van der Waals surface area contributed by atoms with Gasteiger partial charge in [0, 0.05) is 6.54 Å². The molecule has 20 heavy (non-hydrogen) atoms. The molecule has 1 amide bonds. The summed E-state index contributed by atoms with van der Waals surface area (Å²) < 4.78 is 10.8. The Hall–Kier alpha value is -1.97. The van der Waals surface area contributed by atoms with E-state index < -0.39 is 0 Å². The highest BCUT2D eigenvalue weighted by molar-refractivity contribution is 5.89. The Balaban J connectivity index is 2.16. The lowest BCUT2D eigenvalue weighted by atomic mass is 9.78. The van der Waals surface area contributed by atoms with Crippen molar-refractivity contribution in [1.29, 1.82) is 0 Å². The predicted octanol–water partition coefficient (Wildman–Crippen LogP) is 2.26. The quantitative estimate of drug-likeness (QED) is 0.829. The lowest BCUT2D eigenvalue weighted by Crippen LogP contribution is -2.52. The van der Waals surface area contributed by atoms with Gasteiger partial charge < -0.3 is 14.4 Å². The molecule has 2 aliphatic heterocycles. The summed E-state index contributed by atoms with van der Waals surface area (Å²) in [5.41, 5.74) is 2.13. The zero-order chi connectivity index (χ0) is 14.3. The average molecular weight is 273 g/mol. The Morgan fingerprint density at radius 2 is 1.90 bits per heavy atom. The van der Waals surface area contributed by atoms with Crippen LogP contribution in [0.15, 0.2) is 24.3 Å². The normalized spacial score (nSPS) is 24.1. The molecule has 0 radical (unpaired) electrons. The van der Waals surface area contributed by atoms with E-state index in [1.807, 2.05) is 23.1 Å². The number of methoxy groups -OCH3 is 2. The Kier molecular flexibility index (Phi) is 2.96. The number of nitrogens with zero attached hydrogens (tertiary/aromatic N) is 1. The second-order valence-corrected chi connectivity index (χ2v) is 5.48. The summed E-state index contributed by atoms with van der Waals surface area (Å²) in [5, 5.41) is 0. The molecule has 1 aromatic rings. The van der Waals surface area contributed by atoms with Crippen LogP contribution in [0.3, 0.4) is 0 Å². The van der Waals surface area contributed by atoms with Crippen molar-refractivity contribution >= 4 is 5.91 Å². The van der Waals surface area contributed by atoms with Crippen LogP contribution in [0.25, 0.3) is 0 Å². The van der Waals surface area contributed by atoms with Gasteiger partial charge in [-0.25, -0.2) is 0 Å². The Bertz CT molecular complexity index is 594. The van der Waals surface area contributed by atoms with Crippen molar-refractivity contribution in [3.63, 3.8) is 0 Å². The molecular weight excluding hydrogens is 254 g/mol. The van der Waals surface area contributed by atoms with Crippen molar-refractivity contribution < 1.29 is 14.3 Å². The van der Waals surface area contributed by atoms with E-state index in [0.717, 1.165) is 30.9 Å². The van der Waals surface area contributed by atoms with E-state index in [4.69, 9.17) is 9.47 Å². The first-order valence-electron chi connectivity index (χ1n) is 6.83. The number of benzene rings is 1. The minimum Gasteiger partial charge on any atom is -0.493 e. The Morgan fingerprint density at radius 3 is 2.60 bits per heavy atom. The molecule has 0 N–H and O–H groups in total. The summed E-state index contributed by atoms with van der Waals surface area (Å²) in [4.78, 5) is 14.1. The molecule has 0 spiro atoms. The zero-order valence-electron chi connectivity index (χ0n) is 12.1. The number of hydrogen-bond acceptors (Lipinski definition) is 3. The van der Waals surface area contributed by atoms with Crippen molar-refractivity contribution in [1.82, 2.24) is 4.90 Å². The van der Waals surface area contributed by atoms with Gasteiger partial charge in [0.1, 0.15) is 0 Å². The minimum absolute atomic E-state index is 0.0965. The van der Waals surface area contributed by atoms with Crippen LogP contribution in [0, 0.1) is 0 Å². The first kappa shape index (κ1) is 13.0. The van der Waals surface area contributed by atoms with Gasteiger partial charge in [0.25, 0.3) is 0 Å². The predicted molar refractivity (Wildman–Crippen MR) is 76.1 cm³/mol. The molecular formula is C16H19NO3. The number of carbonyl (C=O) groups excluding carboxylic acids is 1. The summed E-state index contributed by atoms with van der Waals surface area (Å²) in [7, 11) is 3.28. The molecule has 106 valence electrons. The van der Waals surface area contributed by atoms with Gasteiger partial charge in [0.05, 0.1) is 19.8 Å². The van der Waals surface area contributed by atoms with Crippen molar-refractivity contribution in [2.75, 3.05) is 20.8 Å². The molecule has 1 unspecified atom stereocenters. The third-order valence-corrected chi connectivity index (χ3v) is 4.43. The molecule has 0 saturated carbocycles. The largest absolute Gasteiger partial charge is 0.493 e. The highest BCUT2D eigenvalue weighted by Crippen LogP contribution is 2.44. The number of hydrogen-bond donors (Lipinski definition) is 0. The summed E-state index contributed by atoms with van der Waals surface area (Å²) in [6, 6.07) is 4.06. The fourth-order valence-corrected chi connectivity index (χ4v) is 3.31. The van der Waals surface area contributed by atoms with E-state index >= 15 is 0 Å². The van der Waals surface area contributed by atoms with Gasteiger partial charge in [-0.1, -0.05) is 6.08 Å². The molecule has 4 nitrogen and oxygen atoms in total. The number of carbonyl (C=O) groups is 1. The van der Waals surface area contributed by atoms with Gasteiger partial charge in [-0.3, -0.25) is 4.79 Å². The van der Waals surface area contributed by atoms with Crippen LogP contribution in [0.5, 0.6) is 11.5 Å². The van der Waals surface area contributed by atoms with Crippen LogP contribution in [-0.2, 0) is 16.8 Å². The molecule has 0 fully saturated rings. The molecule has 3 rings (SSSR count). The highest BCUT2D eigenvalue weighted by Gasteiger charge is 2.42. The van der Waals surface area contributed by atoms with E-state index in [1.54, 1.807) is 20.3 Å². The van der Waals surface area contributed by atoms with E-state index in [1.165, 1.54) is 11.1 Å². The first-order chi connectivity index (χ1) is 9.60. The van der Waals surface area contributed by atoms with Gasteiger partial charge in [-0.15, -0.1) is 0 Å². The van der Waals surface area contributed by atoms with Crippen molar-refractivity contribution in [3.05, 3.63) is 35.4 Å². The zero-order valence-corrected chi connectivity index (χ0v) is 12.1. The van der Waals surface area contributed by atoms with Crippen molar-refractivity contribution in [3.8, 4) is 11.5 Å². The SMILES string of the molecule is COc1cc2c(cc1OC)C1(C)CC=CC(=O)N1CC2. The maximum absolute atomic E-state index is 12.1. The van der Waals surface area contributed by atoms with Gasteiger partial charge in [-0.05, 0) is 49.1 Å². The molecule has 2 aliphatic rings. The topological polar surface area (TPSA) is 38.8 Å². The smallest absolute Gasteiger partial charge is 0.246 e. The van der Waals surface area contributed by atoms with E-state index in [0.29, 0.717) is 0 Å². The number of amides is 1. The minimum atomic E-state index is -0.279. The van der Waals surface area contributed by atoms with Crippen molar-refractivity contribution in [2.24, 2.45) is 0 Å². The third-order valence-electron chi connectivity index (χ3n) is 4.43. The van der Waals surface area contributed by atoms with Crippen LogP contribution in [0.4, 0.5) is 0 Å². The van der Waals surface area contributed by atoms with Gasteiger partial charge in [-0.2, -0.15) is 0 Å². The van der Waals surface area contributed by atoms with Crippen LogP contribution < -0.4 is 9.47 Å². The monoisotopic (exact) mass is 273 g/mol. The van der Waals surface area contributed by atoms with E-state index in [-0.39, 0.29) is 11.4 Å². The second kappa shape index (κ2) is 4.54. The van der Waals surface area contributed by atoms with Gasteiger partial charge in [0.2, 0.25) is 5.91 Å². The molecule has 1 aromatic carbocycles. The summed E-state index contributed by atoms with van der Waals surface area (Å²) in [5.74, 6) is 1.57. The molecule has 0 aromatic heterocycles. The summed E-state index contributed by atoms with van der Waals surface area (Å²) >= 11 is 0. The number of rotatable bonds is 2. The van der Waals surface area contributed by atoms with Crippen LogP contribution in [0.1, 0.15) is 24.5 Å². The fourth-order valence-electron chi connectivity index (χ4n) is 3.31. The average Bonchev–Trinajstić information content (AvgIpc) is 2.45. The third kappa shape index (κ3) is 1.71. The molecule has 0 bridgehead atoms. The standard InChI is InChI=1S/C16H19NO3/c1-16-7-4-5-15(18)17(16)8-6-11-9-13(19-2)14(20-3)10-12(11)16/h4-5,9-10H,6-8H2,1-3H3. The first-order valence-corrected chi connectivity index (χ1v) is 6.83. The number of fused-ring (bicyclic) bond motifs is 3. The summed E-state index contributed by atoms with van der Waals surface area (Å²) in [6.07, 6.45) is 5.32. The van der Waals surface area contributed by atoms with Crippen LogP contribution in [0.2, 0.25) is 0 Å². The fraction of sp³-hybridized carbons (Fsp3) is 0.438.